The van der Waals surface area contributed by atoms with Crippen molar-refractivity contribution < 1.29 is 9.15 Å². The van der Waals surface area contributed by atoms with E-state index in [1.807, 2.05) is 12.1 Å². The van der Waals surface area contributed by atoms with Crippen LogP contribution in [0.15, 0.2) is 35.0 Å². The topological polar surface area (TPSA) is 34.4 Å². The molecule has 0 amide bonds. The van der Waals surface area contributed by atoms with E-state index in [9.17, 15) is 0 Å². The largest absolute Gasteiger partial charge is 0.468 e. The Bertz CT molecular complexity index is 372. The van der Waals surface area contributed by atoms with Gasteiger partial charge in [0.25, 0.3) is 0 Å². The Morgan fingerprint density at radius 1 is 1.50 bits per heavy atom. The molecular formula is C15H23NO2. The van der Waals surface area contributed by atoms with E-state index in [4.69, 9.17) is 9.15 Å². The molecule has 0 spiro atoms. The SMILES string of the molecule is C=C(C)[C@@H]1CC[C@H](C)O[C@@H]1CNCc1ccco1. The molecular weight excluding hydrogens is 226 g/mol. The first kappa shape index (κ1) is 13.4. The Morgan fingerprint density at radius 3 is 3.00 bits per heavy atom. The molecule has 2 heterocycles. The second-order valence-electron chi connectivity index (χ2n) is 5.23. The maximum atomic E-state index is 6.03. The molecule has 1 aromatic heterocycles. The summed E-state index contributed by atoms with van der Waals surface area (Å²) in [6.07, 6.45) is 4.61. The summed E-state index contributed by atoms with van der Waals surface area (Å²) >= 11 is 0. The van der Waals surface area contributed by atoms with Crippen LogP contribution in [0.25, 0.3) is 0 Å². The van der Waals surface area contributed by atoms with Gasteiger partial charge in [-0.3, -0.25) is 0 Å². The van der Waals surface area contributed by atoms with E-state index in [0.29, 0.717) is 12.0 Å². The number of hydrogen-bond acceptors (Lipinski definition) is 3. The molecule has 3 atom stereocenters. The highest BCUT2D eigenvalue weighted by atomic mass is 16.5. The van der Waals surface area contributed by atoms with E-state index >= 15 is 0 Å². The zero-order valence-electron chi connectivity index (χ0n) is 11.3. The minimum absolute atomic E-state index is 0.237. The molecule has 0 aromatic carbocycles. The molecule has 1 aliphatic heterocycles. The Kier molecular flexibility index (Phi) is 4.61. The van der Waals surface area contributed by atoms with E-state index < -0.39 is 0 Å². The van der Waals surface area contributed by atoms with Gasteiger partial charge >= 0.3 is 0 Å². The molecule has 3 heteroatoms. The third-order valence-electron chi connectivity index (χ3n) is 3.60. The molecule has 3 nitrogen and oxygen atoms in total. The maximum Gasteiger partial charge on any atom is 0.117 e. The van der Waals surface area contributed by atoms with Gasteiger partial charge in [-0.25, -0.2) is 0 Å². The highest BCUT2D eigenvalue weighted by Crippen LogP contribution is 2.29. The van der Waals surface area contributed by atoms with Crippen LogP contribution in [0.3, 0.4) is 0 Å². The van der Waals surface area contributed by atoms with Gasteiger partial charge in [-0.05, 0) is 38.8 Å². The fourth-order valence-electron chi connectivity index (χ4n) is 2.57. The van der Waals surface area contributed by atoms with Crippen LogP contribution >= 0.6 is 0 Å². The van der Waals surface area contributed by atoms with Gasteiger partial charge in [-0.2, -0.15) is 0 Å². The Labute approximate surface area is 109 Å². The van der Waals surface area contributed by atoms with Gasteiger partial charge in [0.15, 0.2) is 0 Å². The third kappa shape index (κ3) is 3.47. The zero-order chi connectivity index (χ0) is 13.0. The van der Waals surface area contributed by atoms with E-state index in [0.717, 1.165) is 25.3 Å². The van der Waals surface area contributed by atoms with Gasteiger partial charge in [0.05, 0.1) is 25.0 Å². The van der Waals surface area contributed by atoms with Crippen LogP contribution in [-0.2, 0) is 11.3 Å². The molecule has 100 valence electrons. The van der Waals surface area contributed by atoms with Gasteiger partial charge in [-0.15, -0.1) is 0 Å². The lowest BCUT2D eigenvalue weighted by Gasteiger charge is -2.36. The summed E-state index contributed by atoms with van der Waals surface area (Å²) in [5.74, 6) is 1.44. The van der Waals surface area contributed by atoms with Crippen molar-refractivity contribution in [3.05, 3.63) is 36.3 Å². The van der Waals surface area contributed by atoms with Crippen LogP contribution in [0.5, 0.6) is 0 Å². The molecule has 1 aromatic rings. The van der Waals surface area contributed by atoms with E-state index in [-0.39, 0.29) is 6.10 Å². The number of hydrogen-bond donors (Lipinski definition) is 1. The van der Waals surface area contributed by atoms with Gasteiger partial charge in [0.2, 0.25) is 0 Å². The summed E-state index contributed by atoms with van der Waals surface area (Å²) in [7, 11) is 0. The zero-order valence-corrected chi connectivity index (χ0v) is 11.3. The number of rotatable bonds is 5. The molecule has 0 unspecified atom stereocenters. The Morgan fingerprint density at radius 2 is 2.33 bits per heavy atom. The number of nitrogens with one attached hydrogen (secondary N) is 1. The summed E-state index contributed by atoms with van der Waals surface area (Å²) in [4.78, 5) is 0. The van der Waals surface area contributed by atoms with Crippen LogP contribution < -0.4 is 5.32 Å². The fraction of sp³-hybridized carbons (Fsp3) is 0.600. The molecule has 0 radical (unpaired) electrons. The van der Waals surface area contributed by atoms with Gasteiger partial charge < -0.3 is 14.5 Å². The fourth-order valence-corrected chi connectivity index (χ4v) is 2.57. The monoisotopic (exact) mass is 249 g/mol. The molecule has 2 rings (SSSR count). The quantitative estimate of drug-likeness (QED) is 0.814. The molecule has 1 aliphatic rings. The molecule has 1 saturated heterocycles. The second kappa shape index (κ2) is 6.21. The van der Waals surface area contributed by atoms with Crippen LogP contribution in [0.1, 0.15) is 32.4 Å². The molecule has 0 saturated carbocycles. The van der Waals surface area contributed by atoms with Crippen molar-refractivity contribution in [3.8, 4) is 0 Å². The average Bonchev–Trinajstić information content (AvgIpc) is 2.82. The van der Waals surface area contributed by atoms with Crippen molar-refractivity contribution in [1.29, 1.82) is 0 Å². The average molecular weight is 249 g/mol. The van der Waals surface area contributed by atoms with Crippen molar-refractivity contribution in [3.63, 3.8) is 0 Å². The normalized spacial score (nSPS) is 28.2. The van der Waals surface area contributed by atoms with E-state index in [2.05, 4.69) is 25.7 Å². The highest BCUT2D eigenvalue weighted by molar-refractivity contribution is 5.03. The molecule has 0 aliphatic carbocycles. The lowest BCUT2D eigenvalue weighted by Crippen LogP contribution is -2.41. The predicted molar refractivity (Wildman–Crippen MR) is 72.3 cm³/mol. The van der Waals surface area contributed by atoms with Crippen molar-refractivity contribution >= 4 is 0 Å². The van der Waals surface area contributed by atoms with Crippen LogP contribution in [-0.4, -0.2) is 18.8 Å². The maximum absolute atomic E-state index is 6.03. The number of ether oxygens (including phenoxy) is 1. The Balaban J connectivity index is 1.82. The minimum atomic E-state index is 0.237. The van der Waals surface area contributed by atoms with Crippen molar-refractivity contribution in [1.82, 2.24) is 5.32 Å². The molecule has 1 N–H and O–H groups in total. The first-order valence-electron chi connectivity index (χ1n) is 6.70. The molecule has 1 fully saturated rings. The van der Waals surface area contributed by atoms with Gasteiger partial charge in [-0.1, -0.05) is 12.2 Å². The summed E-state index contributed by atoms with van der Waals surface area (Å²) in [5.41, 5.74) is 1.23. The van der Waals surface area contributed by atoms with Crippen molar-refractivity contribution in [2.45, 2.75) is 45.4 Å². The predicted octanol–water partition coefficient (Wildman–Crippen LogP) is 3.13. The summed E-state index contributed by atoms with van der Waals surface area (Å²) in [6.45, 7) is 9.94. The lowest BCUT2D eigenvalue weighted by atomic mass is 9.87. The van der Waals surface area contributed by atoms with Crippen LogP contribution in [0, 0.1) is 5.92 Å². The first-order chi connectivity index (χ1) is 8.66. The number of furan rings is 1. The second-order valence-corrected chi connectivity index (χ2v) is 5.23. The molecule has 0 bridgehead atoms. The van der Waals surface area contributed by atoms with Crippen molar-refractivity contribution in [2.24, 2.45) is 5.92 Å². The lowest BCUT2D eigenvalue weighted by molar-refractivity contribution is -0.0633. The highest BCUT2D eigenvalue weighted by Gasteiger charge is 2.29. The Hall–Kier alpha value is -1.06. The van der Waals surface area contributed by atoms with Crippen molar-refractivity contribution in [2.75, 3.05) is 6.54 Å². The van der Waals surface area contributed by atoms with Gasteiger partial charge in [0, 0.05) is 12.5 Å². The summed E-state index contributed by atoms with van der Waals surface area (Å²) < 4.78 is 11.3. The van der Waals surface area contributed by atoms with Crippen LogP contribution in [0.2, 0.25) is 0 Å². The van der Waals surface area contributed by atoms with E-state index in [1.54, 1.807) is 6.26 Å². The minimum Gasteiger partial charge on any atom is -0.468 e. The van der Waals surface area contributed by atoms with Crippen LogP contribution in [0.4, 0.5) is 0 Å². The third-order valence-corrected chi connectivity index (χ3v) is 3.60. The standard InChI is InChI=1S/C15H23NO2/c1-11(2)14-7-6-12(3)18-15(14)10-16-9-13-5-4-8-17-13/h4-5,8,12,14-16H,1,6-7,9-10H2,2-3H3/t12-,14-,15+/m0/s1. The smallest absolute Gasteiger partial charge is 0.117 e. The summed E-state index contributed by atoms with van der Waals surface area (Å²) in [6, 6.07) is 3.89. The van der Waals surface area contributed by atoms with E-state index in [1.165, 1.54) is 12.0 Å². The molecule has 18 heavy (non-hydrogen) atoms. The first-order valence-corrected chi connectivity index (χ1v) is 6.70. The van der Waals surface area contributed by atoms with Gasteiger partial charge in [0.1, 0.15) is 5.76 Å². The summed E-state index contributed by atoms with van der Waals surface area (Å²) in [5, 5.41) is 3.40.